The Hall–Kier alpha value is -7.72. The summed E-state index contributed by atoms with van der Waals surface area (Å²) in [6.07, 6.45) is 0. The highest BCUT2D eigenvalue weighted by atomic mass is 32.2. The van der Waals surface area contributed by atoms with Crippen LogP contribution in [0.25, 0.3) is 0 Å². The fourth-order valence-electron chi connectivity index (χ4n) is 9.85. The summed E-state index contributed by atoms with van der Waals surface area (Å²) >= 11 is 0. The first-order chi connectivity index (χ1) is 33.5. The molecule has 12 nitrogen and oxygen atoms in total. The molecule has 15 heteroatoms. The first kappa shape index (κ1) is 45.1. The number of hydrogen-bond acceptors (Lipinski definition) is 12. The molecule has 0 unspecified atom stereocenters. The lowest BCUT2D eigenvalue weighted by molar-refractivity contribution is 0.324. The van der Waals surface area contributed by atoms with Gasteiger partial charge >= 0.3 is 0 Å². The van der Waals surface area contributed by atoms with Gasteiger partial charge in [0.2, 0.25) is 31.2 Å². The van der Waals surface area contributed by atoms with E-state index in [9.17, 15) is 16.8 Å². The van der Waals surface area contributed by atoms with Gasteiger partial charge in [-0.05, 0) is 118 Å². The maximum atomic E-state index is 14.0. The molecule has 0 aliphatic carbocycles. The molecule has 0 bridgehead atoms. The van der Waals surface area contributed by atoms with Gasteiger partial charge in [0.1, 0.15) is 0 Å². The minimum atomic E-state index is -3.81. The summed E-state index contributed by atoms with van der Waals surface area (Å²) in [5.41, 5.74) is 3.60. The average molecular weight is 975 g/mol. The lowest BCUT2D eigenvalue weighted by atomic mass is 10.2. The predicted molar refractivity (Wildman–Crippen MR) is 270 cm³/mol. The Balaban J connectivity index is 1.27. The second-order valence-corrected chi connectivity index (χ2v) is 23.8. The van der Waals surface area contributed by atoms with Crippen LogP contribution in [0.4, 0.5) is 34.1 Å². The molecule has 0 amide bonds. The van der Waals surface area contributed by atoms with Gasteiger partial charge in [-0.15, -0.1) is 0 Å². The van der Waals surface area contributed by atoms with E-state index in [-0.39, 0.29) is 19.6 Å². The third-order valence-corrected chi connectivity index (χ3v) is 21.3. The Bertz CT molecular complexity index is 3140. The number of para-hydroxylation sites is 4. The normalized spacial score (nSPS) is 14.1. The highest BCUT2D eigenvalue weighted by Gasteiger charge is 2.45. The number of hydrogen-bond donors (Lipinski definition) is 0. The van der Waals surface area contributed by atoms with Crippen molar-refractivity contribution in [3.8, 4) is 34.5 Å². The molecule has 69 heavy (non-hydrogen) atoms. The first-order valence-electron chi connectivity index (χ1n) is 21.8. The quantitative estimate of drug-likeness (QED) is 0.0862. The summed E-state index contributed by atoms with van der Waals surface area (Å²) in [5.74, 6) is 2.59. The molecule has 2 heterocycles. The van der Waals surface area contributed by atoms with E-state index < -0.39 is 27.7 Å². The number of benzene rings is 8. The van der Waals surface area contributed by atoms with Crippen LogP contribution in [0.1, 0.15) is 0 Å². The van der Waals surface area contributed by atoms with E-state index in [2.05, 4.69) is 24.3 Å². The third kappa shape index (κ3) is 6.90. The van der Waals surface area contributed by atoms with Crippen LogP contribution in [0.15, 0.2) is 189 Å². The van der Waals surface area contributed by atoms with E-state index in [0.717, 1.165) is 32.1 Å². The summed E-state index contributed by atoms with van der Waals surface area (Å²) < 4.78 is 91.9. The van der Waals surface area contributed by atoms with Crippen LogP contribution in [0.2, 0.25) is 0 Å². The van der Waals surface area contributed by atoms with E-state index in [4.69, 9.17) is 28.4 Å². The second-order valence-electron chi connectivity index (χ2n) is 16.2. The second kappa shape index (κ2) is 17.4. The van der Waals surface area contributed by atoms with Gasteiger partial charge in [0.05, 0.1) is 85.0 Å². The molecule has 348 valence electrons. The zero-order chi connectivity index (χ0) is 48.2. The van der Waals surface area contributed by atoms with Crippen LogP contribution in [0.3, 0.4) is 0 Å². The molecule has 0 saturated carbocycles. The highest BCUT2D eigenvalue weighted by molar-refractivity contribution is 7.92. The van der Waals surface area contributed by atoms with Crippen molar-refractivity contribution >= 4 is 82.6 Å². The number of fused-ring (bicyclic) bond motifs is 4. The Morgan fingerprint density at radius 2 is 0.594 bits per heavy atom. The van der Waals surface area contributed by atoms with Gasteiger partial charge < -0.3 is 38.2 Å². The zero-order valence-electron chi connectivity index (χ0n) is 38.5. The van der Waals surface area contributed by atoms with Crippen molar-refractivity contribution in [1.29, 1.82) is 0 Å². The van der Waals surface area contributed by atoms with Gasteiger partial charge in [-0.1, -0.05) is 72.8 Å². The van der Waals surface area contributed by atoms with Crippen LogP contribution in [0.5, 0.6) is 34.5 Å². The SMILES string of the molecule is COc1cc([Si](c2ccc(N3c4ccccc4S(=O)(=O)c4ccccc43)cc2)(c2ccc(N3c4ccccc4S(=O)(=O)c4ccccc43)cc2)c2cc(OC)c(OC)c(OC)c2)cc(OC)c1OC. The van der Waals surface area contributed by atoms with E-state index in [1.54, 1.807) is 91.2 Å². The molecule has 2 aliphatic rings. The first-order valence-corrected chi connectivity index (χ1v) is 26.7. The maximum Gasteiger partial charge on any atom is 0.210 e. The minimum Gasteiger partial charge on any atom is -0.493 e. The molecule has 0 radical (unpaired) electrons. The monoisotopic (exact) mass is 974 g/mol. The Morgan fingerprint density at radius 3 is 0.841 bits per heavy atom. The van der Waals surface area contributed by atoms with Crippen molar-refractivity contribution in [3.05, 3.63) is 170 Å². The lowest BCUT2D eigenvalue weighted by Crippen LogP contribution is -2.74. The van der Waals surface area contributed by atoms with Crippen molar-refractivity contribution in [1.82, 2.24) is 0 Å². The van der Waals surface area contributed by atoms with E-state index in [1.807, 2.05) is 107 Å². The van der Waals surface area contributed by atoms with Gasteiger partial charge in [0.25, 0.3) is 0 Å². The standard InChI is InChI=1S/C54H46N2O10S2Si/c1-61-45-31-39(32-46(62-2)53(45)65-5)69(40-33-47(63-3)54(66-6)48(34-40)64-4,37-27-23-35(24-28-37)55-41-15-7-11-19-49(41)67(57,58)50-20-12-8-16-42(50)55)38-29-25-36(26-30-38)56-43-17-9-13-21-51(43)68(59,60)52-22-14-10-18-44(52)56/h7-34H,1-6H3. The summed E-state index contributed by atoms with van der Waals surface area (Å²) in [4.78, 5) is 4.79. The Kier molecular flexibility index (Phi) is 11.4. The molecule has 0 saturated heterocycles. The zero-order valence-corrected chi connectivity index (χ0v) is 41.1. The topological polar surface area (TPSA) is 130 Å². The molecule has 0 atom stereocenters. The van der Waals surface area contributed by atoms with Gasteiger partial charge in [-0.25, -0.2) is 16.8 Å². The van der Waals surface area contributed by atoms with Crippen molar-refractivity contribution in [2.24, 2.45) is 0 Å². The van der Waals surface area contributed by atoms with Gasteiger partial charge in [0.15, 0.2) is 31.1 Å². The number of nitrogens with zero attached hydrogens (tertiary/aromatic N) is 2. The number of methoxy groups -OCH3 is 6. The summed E-state index contributed by atoms with van der Waals surface area (Å²) in [6, 6.07) is 52.3. The summed E-state index contributed by atoms with van der Waals surface area (Å²) in [7, 11) is -1.87. The van der Waals surface area contributed by atoms with Crippen molar-refractivity contribution in [2.75, 3.05) is 52.5 Å². The van der Waals surface area contributed by atoms with Crippen LogP contribution < -0.4 is 59.0 Å². The summed E-state index contributed by atoms with van der Waals surface area (Å²) in [6.45, 7) is 0. The molecule has 0 N–H and O–H groups in total. The fourth-order valence-corrected chi connectivity index (χ4v) is 17.8. The van der Waals surface area contributed by atoms with E-state index in [1.165, 1.54) is 0 Å². The van der Waals surface area contributed by atoms with Gasteiger partial charge in [0, 0.05) is 11.4 Å². The molecular weight excluding hydrogens is 929 g/mol. The predicted octanol–water partition coefficient (Wildman–Crippen LogP) is 8.35. The van der Waals surface area contributed by atoms with Crippen LogP contribution in [-0.4, -0.2) is 67.6 Å². The largest absolute Gasteiger partial charge is 0.493 e. The number of rotatable bonds is 12. The Morgan fingerprint density at radius 1 is 0.333 bits per heavy atom. The number of sulfone groups is 2. The number of ether oxygens (including phenoxy) is 6. The molecule has 8 aromatic rings. The maximum absolute atomic E-state index is 14.0. The Labute approximate surface area is 402 Å². The van der Waals surface area contributed by atoms with Crippen molar-refractivity contribution in [2.45, 2.75) is 19.6 Å². The van der Waals surface area contributed by atoms with Crippen molar-refractivity contribution in [3.63, 3.8) is 0 Å². The number of anilines is 6. The molecule has 2 aliphatic heterocycles. The van der Waals surface area contributed by atoms with Gasteiger partial charge in [-0.3, -0.25) is 0 Å². The molecular formula is C54H46N2O10S2Si. The average Bonchev–Trinajstić information content (AvgIpc) is 3.39. The molecule has 10 rings (SSSR count). The van der Waals surface area contributed by atoms with Gasteiger partial charge in [-0.2, -0.15) is 0 Å². The minimum absolute atomic E-state index is 0.211. The van der Waals surface area contributed by atoms with Crippen LogP contribution in [-0.2, 0) is 19.7 Å². The molecule has 0 aromatic heterocycles. The van der Waals surface area contributed by atoms with Crippen LogP contribution in [0, 0.1) is 0 Å². The smallest absolute Gasteiger partial charge is 0.210 e. The molecule has 8 aromatic carbocycles. The van der Waals surface area contributed by atoms with Crippen molar-refractivity contribution < 1.29 is 45.3 Å². The van der Waals surface area contributed by atoms with E-state index >= 15 is 0 Å². The summed E-state index contributed by atoms with van der Waals surface area (Å²) in [5, 5.41) is 3.50. The van der Waals surface area contributed by atoms with Crippen LogP contribution >= 0.6 is 0 Å². The molecule has 0 spiro atoms. The molecule has 0 fully saturated rings. The third-order valence-electron chi connectivity index (χ3n) is 12.9. The lowest BCUT2D eigenvalue weighted by Gasteiger charge is -2.37. The highest BCUT2D eigenvalue weighted by Crippen LogP contribution is 2.49. The fraction of sp³-hybridized carbons (Fsp3) is 0.111. The van der Waals surface area contributed by atoms with E-state index in [0.29, 0.717) is 57.2 Å².